The Hall–Kier alpha value is -1.73. The number of nitriles is 1. The van der Waals surface area contributed by atoms with Crippen LogP contribution in [-0.2, 0) is 6.54 Å². The van der Waals surface area contributed by atoms with Gasteiger partial charge in [0.1, 0.15) is 11.5 Å². The molecule has 0 heterocycles. The normalized spacial score (nSPS) is 9.83. The molecular formula is C14H20N2O2. The maximum absolute atomic E-state index is 8.44. The molecule has 4 nitrogen and oxygen atoms in total. The van der Waals surface area contributed by atoms with E-state index in [-0.39, 0.29) is 0 Å². The summed E-state index contributed by atoms with van der Waals surface area (Å²) in [5.41, 5.74) is 1.08. The Morgan fingerprint density at radius 2 is 2.17 bits per heavy atom. The van der Waals surface area contributed by atoms with Crippen molar-refractivity contribution >= 4 is 0 Å². The minimum absolute atomic E-state index is 0.593. The zero-order valence-electron chi connectivity index (χ0n) is 11.0. The van der Waals surface area contributed by atoms with E-state index in [1.54, 1.807) is 7.11 Å². The summed E-state index contributed by atoms with van der Waals surface area (Å²) >= 11 is 0. The highest BCUT2D eigenvalue weighted by Crippen LogP contribution is 2.24. The lowest BCUT2D eigenvalue weighted by Crippen LogP contribution is -2.08. The van der Waals surface area contributed by atoms with Crippen molar-refractivity contribution in [1.29, 1.82) is 5.26 Å². The van der Waals surface area contributed by atoms with Gasteiger partial charge in [-0.1, -0.05) is 0 Å². The first-order valence-corrected chi connectivity index (χ1v) is 6.13. The predicted octanol–water partition coefficient (Wildman–Crippen LogP) is 2.49. The summed E-state index contributed by atoms with van der Waals surface area (Å²) < 4.78 is 10.9. The molecule has 0 aliphatic rings. The molecule has 0 spiro atoms. The Morgan fingerprint density at radius 3 is 2.83 bits per heavy atom. The number of nitrogens with zero attached hydrogens (tertiary/aromatic N) is 1. The van der Waals surface area contributed by atoms with Crippen molar-refractivity contribution < 1.29 is 9.47 Å². The summed E-state index contributed by atoms with van der Waals surface area (Å²) in [6.07, 6.45) is 2.38. The fraction of sp³-hybridized carbons (Fsp3) is 0.500. The van der Waals surface area contributed by atoms with Crippen LogP contribution in [0.5, 0.6) is 11.5 Å². The molecule has 4 heteroatoms. The summed E-state index contributed by atoms with van der Waals surface area (Å²) in [7, 11) is 3.55. The molecule has 1 rings (SSSR count). The molecule has 0 aromatic heterocycles. The SMILES string of the molecule is CNCc1cc(OC)ccc1OCCCCC#N. The molecule has 0 saturated carbocycles. The van der Waals surface area contributed by atoms with E-state index < -0.39 is 0 Å². The average Bonchev–Trinajstić information content (AvgIpc) is 2.40. The van der Waals surface area contributed by atoms with Gasteiger partial charge in [-0.05, 0) is 38.1 Å². The van der Waals surface area contributed by atoms with Gasteiger partial charge in [0, 0.05) is 18.5 Å². The predicted molar refractivity (Wildman–Crippen MR) is 70.7 cm³/mol. The number of rotatable bonds is 8. The Morgan fingerprint density at radius 1 is 1.33 bits per heavy atom. The summed E-state index contributed by atoms with van der Waals surface area (Å²) in [5, 5.41) is 11.5. The summed E-state index contributed by atoms with van der Waals surface area (Å²) in [6.45, 7) is 1.38. The highest BCUT2D eigenvalue weighted by molar-refractivity contribution is 5.40. The van der Waals surface area contributed by atoms with Crippen molar-refractivity contribution in [1.82, 2.24) is 5.32 Å². The van der Waals surface area contributed by atoms with Crippen molar-refractivity contribution in [3.63, 3.8) is 0 Å². The topological polar surface area (TPSA) is 54.3 Å². The van der Waals surface area contributed by atoms with E-state index in [1.807, 2.05) is 25.2 Å². The van der Waals surface area contributed by atoms with Crippen LogP contribution >= 0.6 is 0 Å². The maximum atomic E-state index is 8.44. The first-order chi connectivity index (χ1) is 8.81. The molecule has 0 fully saturated rings. The van der Waals surface area contributed by atoms with Crippen LogP contribution in [0.15, 0.2) is 18.2 Å². The van der Waals surface area contributed by atoms with Crippen LogP contribution < -0.4 is 14.8 Å². The third-order valence-electron chi connectivity index (χ3n) is 2.58. The van der Waals surface area contributed by atoms with Crippen molar-refractivity contribution in [2.75, 3.05) is 20.8 Å². The molecule has 0 atom stereocenters. The number of nitrogens with one attached hydrogen (secondary N) is 1. The second-order valence-electron chi connectivity index (χ2n) is 3.97. The van der Waals surface area contributed by atoms with Gasteiger partial charge in [0.15, 0.2) is 0 Å². The Bertz CT molecular complexity index is 399. The number of ether oxygens (including phenoxy) is 2. The molecule has 1 aromatic carbocycles. The minimum atomic E-state index is 0.593. The quantitative estimate of drug-likeness (QED) is 0.718. The zero-order valence-corrected chi connectivity index (χ0v) is 11.0. The Balaban J connectivity index is 2.55. The van der Waals surface area contributed by atoms with Crippen LogP contribution in [0.3, 0.4) is 0 Å². The molecule has 98 valence electrons. The van der Waals surface area contributed by atoms with Crippen molar-refractivity contribution in [3.8, 4) is 17.6 Å². The highest BCUT2D eigenvalue weighted by Gasteiger charge is 2.05. The summed E-state index contributed by atoms with van der Waals surface area (Å²) in [5.74, 6) is 1.71. The molecular weight excluding hydrogens is 228 g/mol. The van der Waals surface area contributed by atoms with Crippen LogP contribution in [-0.4, -0.2) is 20.8 Å². The van der Waals surface area contributed by atoms with Crippen LogP contribution in [0.25, 0.3) is 0 Å². The molecule has 0 saturated heterocycles. The van der Waals surface area contributed by atoms with Gasteiger partial charge in [0.25, 0.3) is 0 Å². The highest BCUT2D eigenvalue weighted by atomic mass is 16.5. The van der Waals surface area contributed by atoms with Crippen LogP contribution in [0.1, 0.15) is 24.8 Å². The van der Waals surface area contributed by atoms with E-state index in [4.69, 9.17) is 14.7 Å². The second-order valence-corrected chi connectivity index (χ2v) is 3.97. The number of hydrogen-bond donors (Lipinski definition) is 1. The van der Waals surface area contributed by atoms with Gasteiger partial charge in [0.05, 0.1) is 19.8 Å². The van der Waals surface area contributed by atoms with E-state index in [9.17, 15) is 0 Å². The van der Waals surface area contributed by atoms with Gasteiger partial charge in [-0.15, -0.1) is 0 Å². The van der Waals surface area contributed by atoms with E-state index in [0.29, 0.717) is 13.0 Å². The smallest absolute Gasteiger partial charge is 0.124 e. The lowest BCUT2D eigenvalue weighted by atomic mass is 10.2. The van der Waals surface area contributed by atoms with Gasteiger partial charge < -0.3 is 14.8 Å². The van der Waals surface area contributed by atoms with Crippen LogP contribution in [0.4, 0.5) is 0 Å². The average molecular weight is 248 g/mol. The number of unbranched alkanes of at least 4 members (excludes halogenated alkanes) is 2. The van der Waals surface area contributed by atoms with E-state index in [2.05, 4.69) is 11.4 Å². The number of benzene rings is 1. The van der Waals surface area contributed by atoms with Gasteiger partial charge in [-0.2, -0.15) is 5.26 Å². The molecule has 0 bridgehead atoms. The second kappa shape index (κ2) is 8.37. The molecule has 1 aromatic rings. The first kappa shape index (κ1) is 14.3. The van der Waals surface area contributed by atoms with Crippen molar-refractivity contribution in [3.05, 3.63) is 23.8 Å². The largest absolute Gasteiger partial charge is 0.497 e. The van der Waals surface area contributed by atoms with Gasteiger partial charge in [-0.25, -0.2) is 0 Å². The lowest BCUT2D eigenvalue weighted by molar-refractivity contribution is 0.303. The zero-order chi connectivity index (χ0) is 13.2. The number of methoxy groups -OCH3 is 1. The van der Waals surface area contributed by atoms with Crippen LogP contribution in [0.2, 0.25) is 0 Å². The van der Waals surface area contributed by atoms with Crippen molar-refractivity contribution in [2.24, 2.45) is 0 Å². The molecule has 0 aliphatic carbocycles. The molecule has 18 heavy (non-hydrogen) atoms. The molecule has 0 amide bonds. The van der Waals surface area contributed by atoms with Gasteiger partial charge in [0.2, 0.25) is 0 Å². The third kappa shape index (κ3) is 4.64. The third-order valence-corrected chi connectivity index (χ3v) is 2.58. The Kier molecular flexibility index (Phi) is 6.67. The summed E-state index contributed by atoms with van der Waals surface area (Å²) in [6, 6.07) is 7.92. The minimum Gasteiger partial charge on any atom is -0.497 e. The molecule has 0 unspecified atom stereocenters. The molecule has 0 aliphatic heterocycles. The maximum Gasteiger partial charge on any atom is 0.124 e. The van der Waals surface area contributed by atoms with E-state index in [1.165, 1.54) is 0 Å². The van der Waals surface area contributed by atoms with E-state index in [0.717, 1.165) is 36.4 Å². The first-order valence-electron chi connectivity index (χ1n) is 6.13. The fourth-order valence-corrected chi connectivity index (χ4v) is 1.64. The van der Waals surface area contributed by atoms with Gasteiger partial charge in [-0.3, -0.25) is 0 Å². The van der Waals surface area contributed by atoms with Crippen molar-refractivity contribution in [2.45, 2.75) is 25.8 Å². The summed E-state index contributed by atoms with van der Waals surface area (Å²) in [4.78, 5) is 0. The van der Waals surface area contributed by atoms with E-state index >= 15 is 0 Å². The standard InChI is InChI=1S/C14H20N2O2/c1-16-11-12-10-13(17-2)6-7-14(12)18-9-5-3-4-8-15/h6-7,10,16H,3-5,9,11H2,1-2H3. The lowest BCUT2D eigenvalue weighted by Gasteiger charge is -2.12. The van der Waals surface area contributed by atoms with Crippen LogP contribution in [0, 0.1) is 11.3 Å². The molecule has 0 radical (unpaired) electrons. The fourth-order valence-electron chi connectivity index (χ4n) is 1.64. The Labute approximate surface area is 109 Å². The van der Waals surface area contributed by atoms with Gasteiger partial charge >= 0.3 is 0 Å². The number of hydrogen-bond acceptors (Lipinski definition) is 4. The molecule has 1 N–H and O–H groups in total. The monoisotopic (exact) mass is 248 g/mol.